The van der Waals surface area contributed by atoms with Crippen molar-refractivity contribution in [2.45, 2.75) is 45.2 Å². The number of nitrogens with zero attached hydrogens (tertiary/aromatic N) is 2. The van der Waals surface area contributed by atoms with Gasteiger partial charge in [-0.1, -0.05) is 0 Å². The molecule has 23 heavy (non-hydrogen) atoms. The Labute approximate surface area is 135 Å². The van der Waals surface area contributed by atoms with E-state index in [0.717, 1.165) is 19.3 Å². The minimum Gasteiger partial charge on any atom is -0.496 e. The van der Waals surface area contributed by atoms with Crippen molar-refractivity contribution in [1.82, 2.24) is 4.90 Å². The zero-order valence-corrected chi connectivity index (χ0v) is 13.7. The largest absolute Gasteiger partial charge is 0.496 e. The average Bonchev–Trinajstić information content (AvgIpc) is 2.52. The molecule has 1 saturated heterocycles. The number of carbonyl (C=O) groups is 1. The van der Waals surface area contributed by atoms with Crippen LogP contribution in [0.5, 0.6) is 11.5 Å². The molecule has 1 aromatic rings. The van der Waals surface area contributed by atoms with Gasteiger partial charge in [-0.2, -0.15) is 0 Å². The van der Waals surface area contributed by atoms with Gasteiger partial charge in [0.05, 0.1) is 18.1 Å². The highest BCUT2D eigenvalue weighted by Gasteiger charge is 2.29. The average molecular weight is 322 g/mol. The molecule has 0 N–H and O–H groups in total. The maximum Gasteiger partial charge on any atom is 0.314 e. The predicted molar refractivity (Wildman–Crippen MR) is 84.8 cm³/mol. The molecule has 7 heteroatoms. The third-order valence-electron chi connectivity index (χ3n) is 4.20. The van der Waals surface area contributed by atoms with Crippen molar-refractivity contribution in [3.05, 3.63) is 28.3 Å². The number of benzene rings is 1. The second-order valence-electron chi connectivity index (χ2n) is 5.81. The van der Waals surface area contributed by atoms with E-state index >= 15 is 0 Å². The van der Waals surface area contributed by atoms with E-state index in [4.69, 9.17) is 9.47 Å². The van der Waals surface area contributed by atoms with Crippen molar-refractivity contribution in [3.63, 3.8) is 0 Å². The first-order chi connectivity index (χ1) is 10.9. The zero-order valence-electron chi connectivity index (χ0n) is 13.7. The third kappa shape index (κ3) is 3.91. The van der Waals surface area contributed by atoms with Gasteiger partial charge in [0.25, 0.3) is 5.91 Å². The number of hydrogen-bond donors (Lipinski definition) is 0. The summed E-state index contributed by atoms with van der Waals surface area (Å²) in [5, 5.41) is 11.1. The van der Waals surface area contributed by atoms with Crippen LogP contribution in [0.4, 0.5) is 5.69 Å². The van der Waals surface area contributed by atoms with Gasteiger partial charge < -0.3 is 14.4 Å². The van der Waals surface area contributed by atoms with Gasteiger partial charge in [0.1, 0.15) is 5.75 Å². The molecule has 0 aromatic heterocycles. The van der Waals surface area contributed by atoms with Gasteiger partial charge >= 0.3 is 5.69 Å². The molecule has 0 saturated carbocycles. The molecule has 1 aliphatic heterocycles. The van der Waals surface area contributed by atoms with Crippen molar-refractivity contribution in [2.75, 3.05) is 13.7 Å². The molecule has 1 heterocycles. The number of piperidine rings is 1. The molecular weight excluding hydrogens is 300 g/mol. The van der Waals surface area contributed by atoms with E-state index in [9.17, 15) is 14.9 Å². The number of methoxy groups -OCH3 is 1. The van der Waals surface area contributed by atoms with Gasteiger partial charge in [0.2, 0.25) is 0 Å². The SMILES string of the molecule is COc1ccc(OCC(=O)N2[C@H](C)CCC[C@H]2C)c([N+](=O)[O-])c1. The Balaban J connectivity index is 2.08. The lowest BCUT2D eigenvalue weighted by Gasteiger charge is -2.38. The number of amides is 1. The highest BCUT2D eigenvalue weighted by molar-refractivity contribution is 5.78. The molecule has 1 aliphatic rings. The molecule has 1 fully saturated rings. The minimum absolute atomic E-state index is 0.0708. The Bertz CT molecular complexity index is 580. The molecule has 2 atom stereocenters. The minimum atomic E-state index is -0.547. The second-order valence-corrected chi connectivity index (χ2v) is 5.81. The Morgan fingerprint density at radius 2 is 2.00 bits per heavy atom. The Kier molecular flexibility index (Phi) is 5.41. The van der Waals surface area contributed by atoms with Crippen LogP contribution in [0.25, 0.3) is 0 Å². The monoisotopic (exact) mass is 322 g/mol. The molecule has 0 spiro atoms. The quantitative estimate of drug-likeness (QED) is 0.615. The van der Waals surface area contributed by atoms with Gasteiger partial charge in [-0.25, -0.2) is 0 Å². The molecule has 1 aromatic carbocycles. The Morgan fingerprint density at radius 3 is 2.57 bits per heavy atom. The van der Waals surface area contributed by atoms with Crippen LogP contribution in [0.1, 0.15) is 33.1 Å². The summed E-state index contributed by atoms with van der Waals surface area (Å²) in [4.78, 5) is 24.8. The first-order valence-electron chi connectivity index (χ1n) is 7.70. The fourth-order valence-corrected chi connectivity index (χ4v) is 3.02. The summed E-state index contributed by atoms with van der Waals surface area (Å²) in [6, 6.07) is 4.64. The normalized spacial score (nSPS) is 20.9. The zero-order chi connectivity index (χ0) is 17.0. The molecule has 1 amide bonds. The molecule has 7 nitrogen and oxygen atoms in total. The maximum atomic E-state index is 12.4. The van der Waals surface area contributed by atoms with Crippen molar-refractivity contribution in [1.29, 1.82) is 0 Å². The number of nitro groups is 1. The van der Waals surface area contributed by atoms with E-state index in [2.05, 4.69) is 0 Å². The van der Waals surface area contributed by atoms with Crippen LogP contribution >= 0.6 is 0 Å². The van der Waals surface area contributed by atoms with Crippen molar-refractivity contribution < 1.29 is 19.2 Å². The molecule has 2 rings (SSSR count). The predicted octanol–water partition coefficient (Wildman–Crippen LogP) is 2.77. The van der Waals surface area contributed by atoms with E-state index < -0.39 is 4.92 Å². The Hall–Kier alpha value is -2.31. The molecule has 126 valence electrons. The lowest BCUT2D eigenvalue weighted by atomic mass is 9.97. The molecule has 0 radical (unpaired) electrons. The van der Waals surface area contributed by atoms with Gasteiger partial charge in [-0.15, -0.1) is 0 Å². The molecule has 0 unspecified atom stereocenters. The topological polar surface area (TPSA) is 81.9 Å². The van der Waals surface area contributed by atoms with Gasteiger partial charge in [-0.3, -0.25) is 14.9 Å². The van der Waals surface area contributed by atoms with Crippen molar-refractivity contribution in [2.24, 2.45) is 0 Å². The van der Waals surface area contributed by atoms with Crippen LogP contribution in [0.15, 0.2) is 18.2 Å². The van der Waals surface area contributed by atoms with Gasteiger partial charge in [0.15, 0.2) is 12.4 Å². The van der Waals surface area contributed by atoms with Crippen molar-refractivity contribution in [3.8, 4) is 11.5 Å². The fraction of sp³-hybridized carbons (Fsp3) is 0.562. The number of ether oxygens (including phenoxy) is 2. The smallest absolute Gasteiger partial charge is 0.314 e. The van der Waals surface area contributed by atoms with Gasteiger partial charge in [0, 0.05) is 12.1 Å². The van der Waals surface area contributed by atoms with Crippen LogP contribution in [-0.2, 0) is 4.79 Å². The van der Waals surface area contributed by atoms with Crippen molar-refractivity contribution >= 4 is 11.6 Å². The second kappa shape index (κ2) is 7.30. The van der Waals surface area contributed by atoms with Gasteiger partial charge in [-0.05, 0) is 45.2 Å². The summed E-state index contributed by atoms with van der Waals surface area (Å²) >= 11 is 0. The van der Waals surface area contributed by atoms with Crippen LogP contribution in [0.3, 0.4) is 0 Å². The van der Waals surface area contributed by atoms with E-state index in [1.807, 2.05) is 18.7 Å². The number of likely N-dealkylation sites (tertiary alicyclic amines) is 1. The summed E-state index contributed by atoms with van der Waals surface area (Å²) in [7, 11) is 1.43. The third-order valence-corrected chi connectivity index (χ3v) is 4.20. The van der Waals surface area contributed by atoms with E-state index in [1.165, 1.54) is 19.2 Å². The lowest BCUT2D eigenvalue weighted by molar-refractivity contribution is -0.385. The van der Waals surface area contributed by atoms with Crippen LogP contribution in [-0.4, -0.2) is 41.5 Å². The summed E-state index contributed by atoms with van der Waals surface area (Å²) < 4.78 is 10.4. The van der Waals surface area contributed by atoms with Crippen LogP contribution in [0, 0.1) is 10.1 Å². The van der Waals surface area contributed by atoms with E-state index in [0.29, 0.717) is 5.75 Å². The first-order valence-corrected chi connectivity index (χ1v) is 7.70. The Morgan fingerprint density at radius 1 is 1.35 bits per heavy atom. The molecule has 0 aliphatic carbocycles. The lowest BCUT2D eigenvalue weighted by Crippen LogP contribution is -2.49. The fourth-order valence-electron chi connectivity index (χ4n) is 3.02. The summed E-state index contributed by atoms with van der Waals surface area (Å²) in [5.74, 6) is 0.296. The number of carbonyl (C=O) groups excluding carboxylic acids is 1. The molecule has 0 bridgehead atoms. The van der Waals surface area contributed by atoms with E-state index in [-0.39, 0.29) is 36.0 Å². The summed E-state index contributed by atoms with van der Waals surface area (Å²) in [6.07, 6.45) is 3.05. The number of hydrogen-bond acceptors (Lipinski definition) is 5. The molecular formula is C16H22N2O5. The first kappa shape index (κ1) is 17.1. The number of rotatable bonds is 5. The highest BCUT2D eigenvalue weighted by Crippen LogP contribution is 2.31. The summed E-state index contributed by atoms with van der Waals surface area (Å²) in [6.45, 7) is 3.83. The van der Waals surface area contributed by atoms with E-state index in [1.54, 1.807) is 6.07 Å². The standard InChI is InChI=1S/C16H22N2O5/c1-11-5-4-6-12(2)17(11)16(19)10-23-15-8-7-13(22-3)9-14(15)18(20)21/h7-9,11-12H,4-6,10H2,1-3H3/t11-,12-/m1/s1. The number of nitro benzene ring substituents is 1. The van der Waals surface area contributed by atoms with Crippen LogP contribution < -0.4 is 9.47 Å². The highest BCUT2D eigenvalue weighted by atomic mass is 16.6. The summed E-state index contributed by atoms with van der Waals surface area (Å²) in [5.41, 5.74) is -0.211. The maximum absolute atomic E-state index is 12.4. The van der Waals surface area contributed by atoms with Crippen LogP contribution in [0.2, 0.25) is 0 Å².